The average molecular weight is 227 g/mol. The minimum Gasteiger partial charge on any atom is -0.259 e. The molecule has 70 valence electrons. The van der Waals surface area contributed by atoms with Crippen molar-refractivity contribution in [1.29, 1.82) is 0 Å². The third-order valence-electron chi connectivity index (χ3n) is 1.50. The highest BCUT2D eigenvalue weighted by molar-refractivity contribution is 6.32. The Labute approximate surface area is 90.0 Å². The molecule has 0 spiro atoms. The zero-order chi connectivity index (χ0) is 9.97. The van der Waals surface area contributed by atoms with Crippen molar-refractivity contribution in [3.8, 4) is 11.4 Å². The molecule has 4 nitrogen and oxygen atoms in total. The molecule has 0 radical (unpaired) electrons. The highest BCUT2D eigenvalue weighted by Crippen LogP contribution is 2.21. The Morgan fingerprint density at radius 1 is 1.00 bits per heavy atom. The normalized spacial score (nSPS) is 10.1. The zero-order valence-electron chi connectivity index (χ0n) is 6.85. The van der Waals surface area contributed by atoms with Gasteiger partial charge in [0.2, 0.25) is 0 Å². The predicted octanol–water partition coefficient (Wildman–Crippen LogP) is 2.24. The van der Waals surface area contributed by atoms with Gasteiger partial charge in [0.25, 0.3) is 0 Å². The van der Waals surface area contributed by atoms with Gasteiger partial charge < -0.3 is 0 Å². The molecule has 2 aromatic heterocycles. The van der Waals surface area contributed by atoms with Gasteiger partial charge in [0, 0.05) is 12.4 Å². The monoisotopic (exact) mass is 226 g/mol. The zero-order valence-corrected chi connectivity index (χ0v) is 8.37. The van der Waals surface area contributed by atoms with Crippen LogP contribution in [0, 0.1) is 0 Å². The Balaban J connectivity index is 2.55. The third kappa shape index (κ3) is 1.81. The Kier molecular flexibility index (Phi) is 2.56. The van der Waals surface area contributed by atoms with Crippen LogP contribution in [0.1, 0.15) is 0 Å². The van der Waals surface area contributed by atoms with Gasteiger partial charge >= 0.3 is 0 Å². The van der Waals surface area contributed by atoms with Crippen LogP contribution < -0.4 is 0 Å². The molecule has 0 N–H and O–H groups in total. The van der Waals surface area contributed by atoms with Crippen molar-refractivity contribution >= 4 is 23.2 Å². The quantitative estimate of drug-likeness (QED) is 0.749. The topological polar surface area (TPSA) is 51.6 Å². The smallest absolute Gasteiger partial charge is 0.156 e. The Hall–Kier alpha value is -1.26. The van der Waals surface area contributed by atoms with E-state index in [4.69, 9.17) is 23.2 Å². The van der Waals surface area contributed by atoms with Crippen LogP contribution >= 0.6 is 23.2 Å². The van der Waals surface area contributed by atoms with E-state index in [2.05, 4.69) is 19.9 Å². The maximum atomic E-state index is 5.83. The Morgan fingerprint density at radius 3 is 2.50 bits per heavy atom. The van der Waals surface area contributed by atoms with Crippen molar-refractivity contribution in [2.45, 2.75) is 0 Å². The maximum Gasteiger partial charge on any atom is 0.156 e. The van der Waals surface area contributed by atoms with Crippen LogP contribution in [0.15, 0.2) is 24.8 Å². The van der Waals surface area contributed by atoms with E-state index in [1.807, 2.05) is 0 Å². The summed E-state index contributed by atoms with van der Waals surface area (Å²) in [5.41, 5.74) is 0.986. The minimum atomic E-state index is 0.282. The summed E-state index contributed by atoms with van der Waals surface area (Å²) >= 11 is 11.5. The molecule has 2 heterocycles. The van der Waals surface area contributed by atoms with Gasteiger partial charge in [-0.1, -0.05) is 23.2 Å². The van der Waals surface area contributed by atoms with Crippen LogP contribution in [0.4, 0.5) is 0 Å². The van der Waals surface area contributed by atoms with Crippen molar-refractivity contribution in [2.75, 3.05) is 0 Å². The molecule has 2 aromatic rings. The van der Waals surface area contributed by atoms with E-state index < -0.39 is 0 Å². The lowest BCUT2D eigenvalue weighted by atomic mass is 10.3. The molecule has 2 rings (SSSR count). The van der Waals surface area contributed by atoms with Gasteiger partial charge in [-0.3, -0.25) is 4.98 Å². The summed E-state index contributed by atoms with van der Waals surface area (Å²) in [6.07, 6.45) is 6.00. The molecule has 0 saturated heterocycles. The van der Waals surface area contributed by atoms with Gasteiger partial charge in [0.15, 0.2) is 5.15 Å². The van der Waals surface area contributed by atoms with Crippen LogP contribution in [0.5, 0.6) is 0 Å². The van der Waals surface area contributed by atoms with Gasteiger partial charge in [-0.2, -0.15) is 0 Å². The highest BCUT2D eigenvalue weighted by Gasteiger charge is 2.07. The van der Waals surface area contributed by atoms with E-state index in [0.29, 0.717) is 16.5 Å². The van der Waals surface area contributed by atoms with E-state index in [1.165, 1.54) is 24.8 Å². The minimum absolute atomic E-state index is 0.282. The van der Waals surface area contributed by atoms with Gasteiger partial charge in [0.05, 0.1) is 12.4 Å². The standard InChI is InChI=1S/C8H4Cl2N4/c9-6-4-11-3-5(14-6)7-8(10)13-2-1-12-7/h1-4H. The number of hydrogen-bond donors (Lipinski definition) is 0. The lowest BCUT2D eigenvalue weighted by Gasteiger charge is -2.00. The molecule has 14 heavy (non-hydrogen) atoms. The molecule has 6 heteroatoms. The van der Waals surface area contributed by atoms with Crippen molar-refractivity contribution in [2.24, 2.45) is 0 Å². The third-order valence-corrected chi connectivity index (χ3v) is 1.96. The molecular weight excluding hydrogens is 223 g/mol. The molecule has 0 fully saturated rings. The summed E-state index contributed by atoms with van der Waals surface area (Å²) in [6, 6.07) is 0. The molecular formula is C8H4Cl2N4. The number of nitrogens with zero attached hydrogens (tertiary/aromatic N) is 4. The molecule has 0 aliphatic carbocycles. The van der Waals surface area contributed by atoms with Gasteiger partial charge in [0.1, 0.15) is 16.5 Å². The van der Waals surface area contributed by atoms with E-state index in [1.54, 1.807) is 0 Å². The van der Waals surface area contributed by atoms with Gasteiger partial charge in [-0.25, -0.2) is 15.0 Å². The first-order chi connectivity index (χ1) is 6.77. The highest BCUT2D eigenvalue weighted by atomic mass is 35.5. The summed E-state index contributed by atoms with van der Waals surface area (Å²) in [7, 11) is 0. The average Bonchev–Trinajstić information content (AvgIpc) is 2.18. The van der Waals surface area contributed by atoms with Crippen molar-refractivity contribution < 1.29 is 0 Å². The van der Waals surface area contributed by atoms with Gasteiger partial charge in [-0.05, 0) is 0 Å². The van der Waals surface area contributed by atoms with E-state index in [9.17, 15) is 0 Å². The van der Waals surface area contributed by atoms with E-state index in [0.717, 1.165) is 0 Å². The largest absolute Gasteiger partial charge is 0.259 e. The Morgan fingerprint density at radius 2 is 1.79 bits per heavy atom. The summed E-state index contributed by atoms with van der Waals surface area (Å²) in [5, 5.41) is 0.577. The van der Waals surface area contributed by atoms with Crippen LogP contribution in [0.25, 0.3) is 11.4 Å². The van der Waals surface area contributed by atoms with Crippen LogP contribution in [0.2, 0.25) is 10.3 Å². The predicted molar refractivity (Wildman–Crippen MR) is 53.1 cm³/mol. The fourth-order valence-electron chi connectivity index (χ4n) is 0.949. The van der Waals surface area contributed by atoms with Crippen LogP contribution in [-0.4, -0.2) is 19.9 Å². The first kappa shape index (κ1) is 9.30. The molecule has 0 unspecified atom stereocenters. The number of halogens is 2. The van der Waals surface area contributed by atoms with Gasteiger partial charge in [-0.15, -0.1) is 0 Å². The second-order valence-corrected chi connectivity index (χ2v) is 3.17. The summed E-state index contributed by atoms with van der Waals surface area (Å²) in [6.45, 7) is 0. The molecule has 0 saturated carbocycles. The molecule has 0 aliphatic rings. The lowest BCUT2D eigenvalue weighted by molar-refractivity contribution is 1.14. The van der Waals surface area contributed by atoms with Crippen molar-refractivity contribution in [3.05, 3.63) is 35.1 Å². The number of aromatic nitrogens is 4. The first-order valence-electron chi connectivity index (χ1n) is 3.72. The van der Waals surface area contributed by atoms with E-state index in [-0.39, 0.29) is 5.15 Å². The lowest BCUT2D eigenvalue weighted by Crippen LogP contribution is -1.91. The maximum absolute atomic E-state index is 5.83. The fourth-order valence-corrected chi connectivity index (χ4v) is 1.30. The van der Waals surface area contributed by atoms with Crippen LogP contribution in [0.3, 0.4) is 0 Å². The summed E-state index contributed by atoms with van der Waals surface area (Å²) in [5.74, 6) is 0. The SMILES string of the molecule is Clc1cncc(-c2nccnc2Cl)n1. The molecule has 0 atom stereocenters. The van der Waals surface area contributed by atoms with Crippen molar-refractivity contribution in [3.63, 3.8) is 0 Å². The molecule has 0 aliphatic heterocycles. The molecule has 0 bridgehead atoms. The molecule has 0 aromatic carbocycles. The van der Waals surface area contributed by atoms with Crippen LogP contribution in [-0.2, 0) is 0 Å². The number of rotatable bonds is 1. The van der Waals surface area contributed by atoms with E-state index >= 15 is 0 Å². The van der Waals surface area contributed by atoms with Crippen molar-refractivity contribution in [1.82, 2.24) is 19.9 Å². The fraction of sp³-hybridized carbons (Fsp3) is 0. The number of hydrogen-bond acceptors (Lipinski definition) is 4. The Bertz CT molecular complexity index is 461. The first-order valence-corrected chi connectivity index (χ1v) is 4.47. The summed E-state index contributed by atoms with van der Waals surface area (Å²) < 4.78 is 0. The molecule has 0 amide bonds. The second-order valence-electron chi connectivity index (χ2n) is 2.42. The second kappa shape index (κ2) is 3.86. The summed E-state index contributed by atoms with van der Waals surface area (Å²) in [4.78, 5) is 15.8.